The number of thiazole rings is 1. The quantitative estimate of drug-likeness (QED) is 0.591. The highest BCUT2D eigenvalue weighted by molar-refractivity contribution is 7.12. The van der Waals surface area contributed by atoms with E-state index in [-0.39, 0.29) is 16.5 Å². The van der Waals surface area contributed by atoms with Gasteiger partial charge in [0.25, 0.3) is 0 Å². The first kappa shape index (κ1) is 14.3. The van der Waals surface area contributed by atoms with Gasteiger partial charge in [0.15, 0.2) is 10.7 Å². The molecule has 0 saturated heterocycles. The van der Waals surface area contributed by atoms with Gasteiger partial charge in [-0.05, 0) is 18.2 Å². The summed E-state index contributed by atoms with van der Waals surface area (Å²) in [5.41, 5.74) is 1.45. The maximum atomic E-state index is 12.6. The molecule has 3 aromatic rings. The summed E-state index contributed by atoms with van der Waals surface area (Å²) in [4.78, 5) is 31.1. The summed E-state index contributed by atoms with van der Waals surface area (Å²) in [6.45, 7) is 0. The zero-order valence-corrected chi connectivity index (χ0v) is 12.7. The number of methoxy groups -OCH3 is 2. The third kappa shape index (κ3) is 2.35. The molecule has 0 saturated carbocycles. The van der Waals surface area contributed by atoms with E-state index in [1.54, 1.807) is 19.4 Å². The molecular weight excluding hydrogens is 304 g/mol. The van der Waals surface area contributed by atoms with E-state index in [1.165, 1.54) is 12.5 Å². The molecule has 7 heteroatoms. The van der Waals surface area contributed by atoms with Gasteiger partial charge in [0.05, 0.1) is 19.8 Å². The molecule has 1 aromatic carbocycles. The molecule has 0 spiro atoms. The van der Waals surface area contributed by atoms with Crippen molar-refractivity contribution in [2.24, 2.45) is 0 Å². The van der Waals surface area contributed by atoms with Crippen molar-refractivity contribution in [2.75, 3.05) is 14.2 Å². The SMILES string of the molecule is COC(=O)c1csc(C(=O)c2c[nH]c3ccc(OC)cc23)n1. The second kappa shape index (κ2) is 5.61. The van der Waals surface area contributed by atoms with Crippen molar-refractivity contribution in [1.82, 2.24) is 9.97 Å². The third-order valence-corrected chi connectivity index (χ3v) is 4.07. The number of fused-ring (bicyclic) bond motifs is 1. The topological polar surface area (TPSA) is 81.3 Å². The maximum absolute atomic E-state index is 12.6. The van der Waals surface area contributed by atoms with E-state index in [0.717, 1.165) is 22.2 Å². The monoisotopic (exact) mass is 316 g/mol. The number of carbonyl (C=O) groups is 2. The molecule has 0 radical (unpaired) electrons. The number of H-pyrrole nitrogens is 1. The van der Waals surface area contributed by atoms with Gasteiger partial charge in [0.1, 0.15) is 5.75 Å². The van der Waals surface area contributed by atoms with Crippen LogP contribution in [0, 0.1) is 0 Å². The van der Waals surface area contributed by atoms with Crippen LogP contribution in [0.15, 0.2) is 29.8 Å². The number of hydrogen-bond donors (Lipinski definition) is 1. The first-order valence-electron chi connectivity index (χ1n) is 6.37. The fourth-order valence-electron chi connectivity index (χ4n) is 2.11. The van der Waals surface area contributed by atoms with Crippen LogP contribution in [0.25, 0.3) is 10.9 Å². The zero-order chi connectivity index (χ0) is 15.7. The number of rotatable bonds is 4. The van der Waals surface area contributed by atoms with E-state index in [4.69, 9.17) is 4.74 Å². The number of carbonyl (C=O) groups excluding carboxylic acids is 2. The van der Waals surface area contributed by atoms with Crippen LogP contribution >= 0.6 is 11.3 Å². The summed E-state index contributed by atoms with van der Waals surface area (Å²) in [6.07, 6.45) is 1.63. The fraction of sp³-hybridized carbons (Fsp3) is 0.133. The largest absolute Gasteiger partial charge is 0.497 e. The highest BCUT2D eigenvalue weighted by Crippen LogP contribution is 2.26. The van der Waals surface area contributed by atoms with E-state index in [9.17, 15) is 9.59 Å². The lowest BCUT2D eigenvalue weighted by Gasteiger charge is -2.00. The smallest absolute Gasteiger partial charge is 0.357 e. The normalized spacial score (nSPS) is 10.6. The second-order valence-corrected chi connectivity index (χ2v) is 5.33. The van der Waals surface area contributed by atoms with E-state index >= 15 is 0 Å². The molecule has 0 unspecified atom stereocenters. The predicted molar refractivity (Wildman–Crippen MR) is 81.7 cm³/mol. The Kier molecular flexibility index (Phi) is 3.64. The summed E-state index contributed by atoms with van der Waals surface area (Å²) >= 11 is 1.11. The Hall–Kier alpha value is -2.67. The lowest BCUT2D eigenvalue weighted by molar-refractivity contribution is 0.0595. The number of hydrogen-bond acceptors (Lipinski definition) is 6. The number of benzene rings is 1. The van der Waals surface area contributed by atoms with Gasteiger partial charge in [-0.15, -0.1) is 11.3 Å². The van der Waals surface area contributed by atoms with Crippen molar-refractivity contribution in [1.29, 1.82) is 0 Å². The number of ketones is 1. The Morgan fingerprint density at radius 1 is 1.27 bits per heavy atom. The highest BCUT2D eigenvalue weighted by Gasteiger charge is 2.20. The van der Waals surface area contributed by atoms with Gasteiger partial charge in [-0.1, -0.05) is 0 Å². The summed E-state index contributed by atoms with van der Waals surface area (Å²) in [5.74, 6) is -0.147. The number of nitrogens with zero attached hydrogens (tertiary/aromatic N) is 1. The average Bonchev–Trinajstić information content (AvgIpc) is 3.19. The minimum Gasteiger partial charge on any atom is -0.497 e. The standard InChI is InChI=1S/C15H12N2O4S/c1-20-8-3-4-11-9(5-8)10(6-16-11)13(18)14-17-12(7-22-14)15(19)21-2/h3-7,16H,1-2H3. The van der Waals surface area contributed by atoms with Crippen LogP contribution < -0.4 is 4.74 Å². The average molecular weight is 316 g/mol. The molecule has 0 fully saturated rings. The van der Waals surface area contributed by atoms with Crippen LogP contribution in [0.1, 0.15) is 25.9 Å². The number of esters is 1. The summed E-state index contributed by atoms with van der Waals surface area (Å²) < 4.78 is 9.77. The van der Waals surface area contributed by atoms with E-state index in [0.29, 0.717) is 11.3 Å². The Morgan fingerprint density at radius 2 is 2.09 bits per heavy atom. The number of ether oxygens (including phenoxy) is 2. The van der Waals surface area contributed by atoms with Gasteiger partial charge >= 0.3 is 5.97 Å². The van der Waals surface area contributed by atoms with Crippen molar-refractivity contribution in [3.05, 3.63) is 46.0 Å². The van der Waals surface area contributed by atoms with Crippen molar-refractivity contribution >= 4 is 34.0 Å². The number of nitrogens with one attached hydrogen (secondary N) is 1. The van der Waals surface area contributed by atoms with Crippen molar-refractivity contribution in [2.45, 2.75) is 0 Å². The zero-order valence-electron chi connectivity index (χ0n) is 11.9. The first-order valence-corrected chi connectivity index (χ1v) is 7.25. The van der Waals surface area contributed by atoms with Crippen molar-refractivity contribution < 1.29 is 19.1 Å². The van der Waals surface area contributed by atoms with Gasteiger partial charge < -0.3 is 14.5 Å². The minimum absolute atomic E-state index is 0.133. The number of aromatic nitrogens is 2. The molecule has 2 heterocycles. The van der Waals surface area contributed by atoms with E-state index < -0.39 is 5.97 Å². The predicted octanol–water partition coefficient (Wildman–Crippen LogP) is 2.65. The summed E-state index contributed by atoms with van der Waals surface area (Å²) in [7, 11) is 2.84. The van der Waals surface area contributed by atoms with Gasteiger partial charge in [0, 0.05) is 22.5 Å². The third-order valence-electron chi connectivity index (χ3n) is 3.23. The lowest BCUT2D eigenvalue weighted by atomic mass is 10.1. The fourth-order valence-corrected chi connectivity index (χ4v) is 2.85. The van der Waals surface area contributed by atoms with Crippen molar-refractivity contribution in [3.63, 3.8) is 0 Å². The molecule has 0 amide bonds. The van der Waals surface area contributed by atoms with Crippen LogP contribution in [0.2, 0.25) is 0 Å². The highest BCUT2D eigenvalue weighted by atomic mass is 32.1. The number of aromatic amines is 1. The molecule has 3 rings (SSSR count). The van der Waals surface area contributed by atoms with E-state index in [1.807, 2.05) is 12.1 Å². The van der Waals surface area contributed by atoms with Gasteiger partial charge in [-0.2, -0.15) is 0 Å². The first-order chi connectivity index (χ1) is 10.6. The molecule has 2 aromatic heterocycles. The van der Waals surface area contributed by atoms with Crippen LogP contribution in [-0.4, -0.2) is 35.9 Å². The van der Waals surface area contributed by atoms with Crippen LogP contribution in [0.4, 0.5) is 0 Å². The van der Waals surface area contributed by atoms with Crippen LogP contribution in [-0.2, 0) is 4.74 Å². The van der Waals surface area contributed by atoms with Crippen molar-refractivity contribution in [3.8, 4) is 5.75 Å². The Labute approximate surface area is 129 Å². The lowest BCUT2D eigenvalue weighted by Crippen LogP contribution is -2.04. The van der Waals surface area contributed by atoms with Gasteiger partial charge in [0.2, 0.25) is 5.78 Å². The Balaban J connectivity index is 2.01. The Bertz CT molecular complexity index is 865. The molecule has 1 N–H and O–H groups in total. The minimum atomic E-state index is -0.559. The molecule has 0 aliphatic rings. The van der Waals surface area contributed by atoms with Crippen LogP contribution in [0.3, 0.4) is 0 Å². The molecule has 22 heavy (non-hydrogen) atoms. The van der Waals surface area contributed by atoms with Gasteiger partial charge in [-0.25, -0.2) is 9.78 Å². The molecule has 0 aliphatic carbocycles. The van der Waals surface area contributed by atoms with E-state index in [2.05, 4.69) is 14.7 Å². The second-order valence-electron chi connectivity index (χ2n) is 4.47. The molecule has 0 aliphatic heterocycles. The Morgan fingerprint density at radius 3 is 2.82 bits per heavy atom. The molecule has 0 atom stereocenters. The summed E-state index contributed by atoms with van der Waals surface area (Å²) in [6, 6.07) is 5.44. The molecule has 112 valence electrons. The molecule has 0 bridgehead atoms. The molecule has 6 nitrogen and oxygen atoms in total. The maximum Gasteiger partial charge on any atom is 0.357 e. The van der Waals surface area contributed by atoms with Gasteiger partial charge in [-0.3, -0.25) is 4.79 Å². The van der Waals surface area contributed by atoms with Crippen LogP contribution in [0.5, 0.6) is 5.75 Å². The molecular formula is C15H12N2O4S. The summed E-state index contributed by atoms with van der Waals surface area (Å²) in [5, 5.41) is 2.50.